The molecule has 2 rings (SSSR count). The van der Waals surface area contributed by atoms with Gasteiger partial charge in [-0.15, -0.1) is 0 Å². The van der Waals surface area contributed by atoms with Crippen molar-refractivity contribution in [1.82, 2.24) is 14.9 Å². The number of carbonyl (C=O) groups is 2. The number of carbonyl (C=O) groups excluding carboxylic acids is 2. The van der Waals surface area contributed by atoms with Crippen molar-refractivity contribution in [2.45, 2.75) is 31.0 Å². The molecule has 29 heavy (non-hydrogen) atoms. The second kappa shape index (κ2) is 9.27. The van der Waals surface area contributed by atoms with Crippen LogP contribution in [0.2, 0.25) is 5.02 Å². The lowest BCUT2D eigenvalue weighted by Gasteiger charge is -2.29. The highest BCUT2D eigenvalue weighted by Crippen LogP contribution is 2.40. The number of hydrogen-bond donors (Lipinski definition) is 3. The Morgan fingerprint density at radius 1 is 1.21 bits per heavy atom. The van der Waals surface area contributed by atoms with E-state index in [4.69, 9.17) is 11.6 Å². The molecule has 0 aliphatic carbocycles. The minimum Gasteiger partial charge on any atom is -0.374 e. The molecule has 0 aliphatic rings. The van der Waals surface area contributed by atoms with E-state index < -0.39 is 29.9 Å². The number of rotatable bonds is 8. The van der Waals surface area contributed by atoms with Crippen LogP contribution in [0.3, 0.4) is 0 Å². The van der Waals surface area contributed by atoms with Gasteiger partial charge in [0.2, 0.25) is 17.4 Å². The van der Waals surface area contributed by atoms with Gasteiger partial charge in [0.15, 0.2) is 5.82 Å². The topological polar surface area (TPSA) is 96.2 Å². The molecule has 2 aromatic rings. The Hall–Kier alpha value is -2.59. The Bertz CT molecular complexity index is 855. The number of aryl methyl sites for hydroxylation is 1. The number of benzene rings is 1. The number of aliphatic hydroxyl groups is 1. The normalized spacial score (nSPS) is 13.6. The van der Waals surface area contributed by atoms with Crippen LogP contribution in [0.25, 0.3) is 0 Å². The number of imidazole rings is 1. The largest absolute Gasteiger partial charge is 0.425 e. The van der Waals surface area contributed by atoms with Crippen molar-refractivity contribution in [3.63, 3.8) is 0 Å². The number of anilines is 1. The van der Waals surface area contributed by atoms with E-state index in [1.54, 1.807) is 24.3 Å². The Kier molecular flexibility index (Phi) is 7.26. The summed E-state index contributed by atoms with van der Waals surface area (Å²) in [5, 5.41) is 15.6. The van der Waals surface area contributed by atoms with E-state index in [1.807, 2.05) is 0 Å². The van der Waals surface area contributed by atoms with E-state index in [9.17, 15) is 27.9 Å². The first-order chi connectivity index (χ1) is 13.5. The van der Waals surface area contributed by atoms with Gasteiger partial charge in [0, 0.05) is 43.1 Å². The van der Waals surface area contributed by atoms with E-state index in [0.29, 0.717) is 10.7 Å². The smallest absolute Gasteiger partial charge is 0.374 e. The lowest BCUT2D eigenvalue weighted by Crippen LogP contribution is -2.48. The SMILES string of the molecule is Cn1ccnc1C(O)(CC(=O)NCCCC(=O)Nc1ccc(Cl)cc1)C(F)(F)F. The molecular weight excluding hydrogens is 413 g/mol. The Morgan fingerprint density at radius 3 is 2.41 bits per heavy atom. The second-order valence-corrected chi connectivity index (χ2v) is 6.84. The quantitative estimate of drug-likeness (QED) is 0.559. The fraction of sp³-hybridized carbons (Fsp3) is 0.389. The van der Waals surface area contributed by atoms with Crippen LogP contribution in [0, 0.1) is 0 Å². The van der Waals surface area contributed by atoms with E-state index in [1.165, 1.54) is 13.2 Å². The van der Waals surface area contributed by atoms with Crippen LogP contribution in [0.1, 0.15) is 25.1 Å². The summed E-state index contributed by atoms with van der Waals surface area (Å²) >= 11 is 5.75. The van der Waals surface area contributed by atoms with E-state index in [-0.39, 0.29) is 25.3 Å². The lowest BCUT2D eigenvalue weighted by atomic mass is 9.97. The number of hydrogen-bond acceptors (Lipinski definition) is 4. The van der Waals surface area contributed by atoms with Crippen LogP contribution in [-0.4, -0.2) is 39.2 Å². The van der Waals surface area contributed by atoms with E-state index in [0.717, 1.165) is 10.8 Å². The lowest BCUT2D eigenvalue weighted by molar-refractivity contribution is -0.271. The molecule has 1 aromatic heterocycles. The van der Waals surface area contributed by atoms with Crippen LogP contribution < -0.4 is 10.6 Å². The molecule has 0 aliphatic heterocycles. The first kappa shape index (κ1) is 22.7. The van der Waals surface area contributed by atoms with E-state index in [2.05, 4.69) is 15.6 Å². The molecule has 1 aromatic carbocycles. The summed E-state index contributed by atoms with van der Waals surface area (Å²) in [6, 6.07) is 6.47. The maximum Gasteiger partial charge on any atom is 0.425 e. The molecule has 0 spiro atoms. The highest BCUT2D eigenvalue weighted by molar-refractivity contribution is 6.30. The van der Waals surface area contributed by atoms with Gasteiger partial charge in [-0.1, -0.05) is 11.6 Å². The van der Waals surface area contributed by atoms with Gasteiger partial charge in [-0.05, 0) is 30.7 Å². The monoisotopic (exact) mass is 432 g/mol. The fourth-order valence-corrected chi connectivity index (χ4v) is 2.72. The third-order valence-corrected chi connectivity index (χ3v) is 4.36. The molecule has 3 N–H and O–H groups in total. The number of nitrogens with one attached hydrogen (secondary N) is 2. The number of halogens is 4. The molecule has 11 heteroatoms. The van der Waals surface area contributed by atoms with Crippen LogP contribution in [0.4, 0.5) is 18.9 Å². The van der Waals surface area contributed by atoms with Crippen LogP contribution in [0.5, 0.6) is 0 Å². The molecule has 1 heterocycles. The minimum atomic E-state index is -5.10. The van der Waals surface area contributed by atoms with Crippen molar-refractivity contribution < 1.29 is 27.9 Å². The average Bonchev–Trinajstić information content (AvgIpc) is 3.06. The van der Waals surface area contributed by atoms with Crippen LogP contribution in [-0.2, 0) is 22.2 Å². The summed E-state index contributed by atoms with van der Waals surface area (Å²) in [6.45, 7) is -0.0264. The summed E-state index contributed by atoms with van der Waals surface area (Å²) < 4.78 is 41.2. The number of alkyl halides is 3. The second-order valence-electron chi connectivity index (χ2n) is 6.41. The summed E-state index contributed by atoms with van der Waals surface area (Å²) in [4.78, 5) is 27.3. The highest BCUT2D eigenvalue weighted by atomic mass is 35.5. The molecule has 1 unspecified atom stereocenters. The minimum absolute atomic E-state index is 0.0264. The zero-order valence-corrected chi connectivity index (χ0v) is 16.2. The third kappa shape index (κ3) is 5.94. The van der Waals surface area contributed by atoms with Crippen LogP contribution in [0.15, 0.2) is 36.7 Å². The van der Waals surface area contributed by atoms with Crippen molar-refractivity contribution in [1.29, 1.82) is 0 Å². The molecule has 7 nitrogen and oxygen atoms in total. The summed E-state index contributed by atoms with van der Waals surface area (Å²) in [7, 11) is 1.29. The Labute approximate surface area is 169 Å². The van der Waals surface area contributed by atoms with Gasteiger partial charge in [-0.2, -0.15) is 13.2 Å². The van der Waals surface area contributed by atoms with Crippen molar-refractivity contribution in [2.24, 2.45) is 7.05 Å². The summed E-state index contributed by atoms with van der Waals surface area (Å²) in [5.74, 6) is -2.00. The van der Waals surface area contributed by atoms with Gasteiger partial charge >= 0.3 is 6.18 Å². The van der Waals surface area contributed by atoms with Crippen molar-refractivity contribution in [3.05, 3.63) is 47.5 Å². The van der Waals surface area contributed by atoms with Gasteiger partial charge < -0.3 is 20.3 Å². The predicted molar refractivity (Wildman–Crippen MR) is 100 cm³/mol. The number of aromatic nitrogens is 2. The first-order valence-corrected chi connectivity index (χ1v) is 9.00. The molecule has 2 amide bonds. The molecule has 0 bridgehead atoms. The van der Waals surface area contributed by atoms with Crippen molar-refractivity contribution in [3.8, 4) is 0 Å². The highest BCUT2D eigenvalue weighted by Gasteiger charge is 2.58. The number of amides is 2. The molecular formula is C18H20ClF3N4O3. The molecule has 0 saturated carbocycles. The standard InChI is InChI=1S/C18H20ClF3N4O3/c1-26-10-9-24-16(26)17(29,18(20,21)22)11-15(28)23-8-2-3-14(27)25-13-6-4-12(19)5-7-13/h4-7,9-10,29H,2-3,8,11H2,1H3,(H,23,28)(H,25,27). The van der Waals surface area contributed by atoms with Crippen LogP contribution >= 0.6 is 11.6 Å². The van der Waals surface area contributed by atoms with Crippen molar-refractivity contribution >= 4 is 29.1 Å². The summed E-state index contributed by atoms with van der Waals surface area (Å²) in [5.41, 5.74) is -2.87. The summed E-state index contributed by atoms with van der Waals surface area (Å²) in [6.07, 6.45) is -3.74. The van der Waals surface area contributed by atoms with E-state index >= 15 is 0 Å². The number of nitrogens with zero attached hydrogens (tertiary/aromatic N) is 2. The fourth-order valence-electron chi connectivity index (χ4n) is 2.60. The zero-order chi connectivity index (χ0) is 21.7. The van der Waals surface area contributed by atoms with Gasteiger partial charge in [-0.25, -0.2) is 4.98 Å². The maximum absolute atomic E-state index is 13.4. The maximum atomic E-state index is 13.4. The molecule has 0 fully saturated rings. The molecule has 0 radical (unpaired) electrons. The molecule has 158 valence electrons. The Morgan fingerprint density at radius 2 is 1.86 bits per heavy atom. The third-order valence-electron chi connectivity index (χ3n) is 4.11. The molecule has 1 atom stereocenters. The predicted octanol–water partition coefficient (Wildman–Crippen LogP) is 2.75. The molecule has 0 saturated heterocycles. The van der Waals surface area contributed by atoms with Gasteiger partial charge in [-0.3, -0.25) is 9.59 Å². The zero-order valence-electron chi connectivity index (χ0n) is 15.5. The van der Waals surface area contributed by atoms with Crippen molar-refractivity contribution in [2.75, 3.05) is 11.9 Å². The Balaban J connectivity index is 1.83. The van der Waals surface area contributed by atoms with Gasteiger partial charge in [0.1, 0.15) is 0 Å². The first-order valence-electron chi connectivity index (χ1n) is 8.62. The van der Waals surface area contributed by atoms with Gasteiger partial charge in [0.25, 0.3) is 0 Å². The van der Waals surface area contributed by atoms with Gasteiger partial charge in [0.05, 0.1) is 6.42 Å². The average molecular weight is 433 g/mol.